The van der Waals surface area contributed by atoms with Gasteiger partial charge in [-0.2, -0.15) is 0 Å². The Morgan fingerprint density at radius 3 is 2.50 bits per heavy atom. The summed E-state index contributed by atoms with van der Waals surface area (Å²) in [6.07, 6.45) is -0.218. The fraction of sp³-hybridized carbons (Fsp3) is 0.667. The average Bonchev–Trinajstić information content (AvgIpc) is 1.65. The molecule has 0 rings (SSSR count). The maximum atomic E-state index is 9.49. The summed E-state index contributed by atoms with van der Waals surface area (Å²) in [5, 5.41) is 0. The average molecular weight is 89.1 g/mol. The number of carbonyl (C=O) groups excluding carboxylic acids is 1. The zero-order chi connectivity index (χ0) is 4.99. The summed E-state index contributed by atoms with van der Waals surface area (Å²) in [5.41, 5.74) is 4.88. The van der Waals surface area contributed by atoms with Crippen LogP contribution in [0.5, 0.6) is 0 Å². The molecule has 0 aromatic heterocycles. The van der Waals surface area contributed by atoms with Crippen LogP contribution in [0.2, 0.25) is 0 Å². The third-order valence-corrected chi connectivity index (χ3v) is 0.406. The smallest absolute Gasteiger partial charge is 0.163 e. The van der Waals surface area contributed by atoms with E-state index in [9.17, 15) is 4.79 Å². The molecule has 3 heteroatoms. The van der Waals surface area contributed by atoms with E-state index in [1.54, 1.807) is 0 Å². The Labute approximate surface area is 36.1 Å². The zero-order valence-electron chi connectivity index (χ0n) is 3.55. The van der Waals surface area contributed by atoms with Gasteiger partial charge in [0.1, 0.15) is 0 Å². The predicted octanol–water partition coefficient (Wildman–Crippen LogP) is -0.884. The van der Waals surface area contributed by atoms with E-state index in [4.69, 9.17) is 5.73 Å². The normalized spacial score (nSPS) is 13.7. The van der Waals surface area contributed by atoms with Crippen LogP contribution in [0.15, 0.2) is 0 Å². The molecule has 0 aliphatic carbocycles. The van der Waals surface area contributed by atoms with Gasteiger partial charge in [0.25, 0.3) is 0 Å². The molecule has 0 aromatic carbocycles. The molecule has 0 heterocycles. The Morgan fingerprint density at radius 2 is 2.50 bits per heavy atom. The van der Waals surface area contributed by atoms with Crippen molar-refractivity contribution in [3.05, 3.63) is 0 Å². The minimum absolute atomic E-state index is 0.528. The van der Waals surface area contributed by atoms with Gasteiger partial charge in [-0.05, 0) is 0 Å². The van der Waals surface area contributed by atoms with Crippen molar-refractivity contribution in [3.63, 3.8) is 0 Å². The van der Waals surface area contributed by atoms with E-state index in [1.165, 1.54) is 7.11 Å². The third-order valence-electron chi connectivity index (χ3n) is 0.406. The highest BCUT2D eigenvalue weighted by atomic mass is 16.5. The van der Waals surface area contributed by atoms with Crippen LogP contribution >= 0.6 is 0 Å². The molecule has 1 atom stereocenters. The lowest BCUT2D eigenvalue weighted by Crippen LogP contribution is -2.22. The lowest BCUT2D eigenvalue weighted by atomic mass is 10.7. The van der Waals surface area contributed by atoms with E-state index in [0.717, 1.165) is 0 Å². The van der Waals surface area contributed by atoms with Crippen molar-refractivity contribution in [1.82, 2.24) is 0 Å². The van der Waals surface area contributed by atoms with Crippen LogP contribution in [0, 0.1) is 0 Å². The molecule has 36 valence electrons. The molecule has 6 heavy (non-hydrogen) atoms. The van der Waals surface area contributed by atoms with Crippen LogP contribution < -0.4 is 5.73 Å². The van der Waals surface area contributed by atoms with E-state index in [1.807, 2.05) is 0 Å². The quantitative estimate of drug-likeness (QED) is 0.353. The summed E-state index contributed by atoms with van der Waals surface area (Å²) < 4.78 is 4.31. The van der Waals surface area contributed by atoms with Crippen molar-refractivity contribution in [1.29, 1.82) is 0 Å². The van der Waals surface area contributed by atoms with Crippen molar-refractivity contribution < 1.29 is 9.53 Å². The topological polar surface area (TPSA) is 52.3 Å². The summed E-state index contributed by atoms with van der Waals surface area (Å²) in [5.74, 6) is 0. The Balaban J connectivity index is 2.96. The standard InChI is InChI=1S/C3H7NO2/c1-6-3(4)2-5/h2-3H,4H2,1H3. The molecule has 0 fully saturated rings. The first-order valence-electron chi connectivity index (χ1n) is 1.55. The molecular formula is C3H7NO2. The minimum atomic E-state index is -0.745. The van der Waals surface area contributed by atoms with Crippen molar-refractivity contribution >= 4 is 6.29 Å². The molecule has 0 aliphatic rings. The Kier molecular flexibility index (Phi) is 2.62. The van der Waals surface area contributed by atoms with Gasteiger partial charge in [0.05, 0.1) is 0 Å². The van der Waals surface area contributed by atoms with Crippen LogP contribution in [0.3, 0.4) is 0 Å². The summed E-state index contributed by atoms with van der Waals surface area (Å²) in [6, 6.07) is 0. The molecule has 0 aromatic rings. The molecule has 0 spiro atoms. The van der Waals surface area contributed by atoms with Gasteiger partial charge in [0.15, 0.2) is 12.5 Å². The van der Waals surface area contributed by atoms with Gasteiger partial charge in [0.2, 0.25) is 0 Å². The molecule has 1 unspecified atom stereocenters. The van der Waals surface area contributed by atoms with Gasteiger partial charge in [0, 0.05) is 7.11 Å². The summed E-state index contributed by atoms with van der Waals surface area (Å²) >= 11 is 0. The minimum Gasteiger partial charge on any atom is -0.360 e. The first kappa shape index (κ1) is 5.59. The summed E-state index contributed by atoms with van der Waals surface area (Å²) in [6.45, 7) is 0. The number of ether oxygens (including phenoxy) is 1. The Morgan fingerprint density at radius 1 is 2.00 bits per heavy atom. The number of hydrogen-bond donors (Lipinski definition) is 1. The predicted molar refractivity (Wildman–Crippen MR) is 21.0 cm³/mol. The number of methoxy groups -OCH3 is 1. The maximum absolute atomic E-state index is 9.49. The second-order valence-corrected chi connectivity index (χ2v) is 0.836. The fourth-order valence-electron chi connectivity index (χ4n) is 0.0556. The highest BCUT2D eigenvalue weighted by Crippen LogP contribution is 1.64. The number of carbonyl (C=O) groups is 1. The molecule has 0 radical (unpaired) electrons. The van der Waals surface area contributed by atoms with E-state index in [2.05, 4.69) is 4.74 Å². The Hall–Kier alpha value is -0.410. The lowest BCUT2D eigenvalue weighted by molar-refractivity contribution is -0.116. The van der Waals surface area contributed by atoms with Gasteiger partial charge < -0.3 is 10.5 Å². The van der Waals surface area contributed by atoms with Crippen molar-refractivity contribution in [2.75, 3.05) is 7.11 Å². The molecule has 0 bridgehead atoms. The molecule has 0 saturated heterocycles. The number of aldehydes is 1. The number of rotatable bonds is 2. The van der Waals surface area contributed by atoms with E-state index >= 15 is 0 Å². The van der Waals surface area contributed by atoms with E-state index < -0.39 is 6.23 Å². The van der Waals surface area contributed by atoms with Crippen LogP contribution in [-0.4, -0.2) is 19.6 Å². The first-order chi connectivity index (χ1) is 2.81. The molecule has 0 saturated carbocycles. The van der Waals surface area contributed by atoms with Gasteiger partial charge in [-0.15, -0.1) is 0 Å². The number of nitrogens with two attached hydrogens (primary N) is 1. The fourth-order valence-corrected chi connectivity index (χ4v) is 0.0556. The van der Waals surface area contributed by atoms with Crippen molar-refractivity contribution in [2.45, 2.75) is 6.23 Å². The second-order valence-electron chi connectivity index (χ2n) is 0.836. The zero-order valence-corrected chi connectivity index (χ0v) is 3.55. The van der Waals surface area contributed by atoms with Crippen molar-refractivity contribution in [3.8, 4) is 0 Å². The van der Waals surface area contributed by atoms with Crippen LogP contribution in [0.1, 0.15) is 0 Å². The van der Waals surface area contributed by atoms with E-state index in [0.29, 0.717) is 6.29 Å². The van der Waals surface area contributed by atoms with E-state index in [-0.39, 0.29) is 0 Å². The van der Waals surface area contributed by atoms with Crippen molar-refractivity contribution in [2.24, 2.45) is 5.73 Å². The molecule has 0 aliphatic heterocycles. The molecule has 3 nitrogen and oxygen atoms in total. The lowest BCUT2D eigenvalue weighted by Gasteiger charge is -1.94. The van der Waals surface area contributed by atoms with Crippen LogP contribution in [-0.2, 0) is 9.53 Å². The highest BCUT2D eigenvalue weighted by Gasteiger charge is 1.88. The first-order valence-corrected chi connectivity index (χ1v) is 1.55. The van der Waals surface area contributed by atoms with Gasteiger partial charge >= 0.3 is 0 Å². The van der Waals surface area contributed by atoms with Gasteiger partial charge in [-0.1, -0.05) is 0 Å². The number of hydrogen-bond acceptors (Lipinski definition) is 3. The van der Waals surface area contributed by atoms with Gasteiger partial charge in [-0.3, -0.25) is 4.79 Å². The Bertz CT molecular complexity index is 46.1. The summed E-state index contributed by atoms with van der Waals surface area (Å²) in [7, 11) is 1.37. The highest BCUT2D eigenvalue weighted by molar-refractivity contribution is 5.54. The maximum Gasteiger partial charge on any atom is 0.163 e. The molecular weight excluding hydrogens is 82.0 g/mol. The summed E-state index contributed by atoms with van der Waals surface area (Å²) in [4.78, 5) is 9.49. The largest absolute Gasteiger partial charge is 0.360 e. The molecule has 0 amide bonds. The monoisotopic (exact) mass is 89.0 g/mol. The van der Waals surface area contributed by atoms with Gasteiger partial charge in [-0.25, -0.2) is 0 Å². The van der Waals surface area contributed by atoms with Crippen LogP contribution in [0.4, 0.5) is 0 Å². The third kappa shape index (κ3) is 1.87. The second kappa shape index (κ2) is 2.81. The molecule has 2 N–H and O–H groups in total. The van der Waals surface area contributed by atoms with Crippen LogP contribution in [0.25, 0.3) is 0 Å². The SMILES string of the molecule is COC(N)C=O.